The third-order valence-corrected chi connectivity index (χ3v) is 4.31. The SMILES string of the molecule is CCCCCCCCCCCCN(C)N1CCOCC1.Cl. The van der Waals surface area contributed by atoms with Crippen LogP contribution in [0.1, 0.15) is 71.1 Å². The monoisotopic (exact) mass is 320 g/mol. The molecule has 128 valence electrons. The van der Waals surface area contributed by atoms with Gasteiger partial charge in [0.1, 0.15) is 0 Å². The van der Waals surface area contributed by atoms with Gasteiger partial charge in [0.05, 0.1) is 13.2 Å². The number of halogens is 1. The van der Waals surface area contributed by atoms with Crippen molar-refractivity contribution in [1.29, 1.82) is 0 Å². The first-order valence-corrected chi connectivity index (χ1v) is 8.88. The van der Waals surface area contributed by atoms with Gasteiger partial charge >= 0.3 is 0 Å². The Balaban J connectivity index is 0.00000400. The molecule has 0 aromatic heterocycles. The summed E-state index contributed by atoms with van der Waals surface area (Å²) in [5.74, 6) is 0. The van der Waals surface area contributed by atoms with E-state index in [4.69, 9.17) is 4.74 Å². The third kappa shape index (κ3) is 11.4. The molecular weight excluding hydrogens is 284 g/mol. The van der Waals surface area contributed by atoms with E-state index in [0.717, 1.165) is 26.3 Å². The first-order valence-electron chi connectivity index (χ1n) is 8.88. The fourth-order valence-electron chi connectivity index (χ4n) is 2.86. The predicted octanol–water partition coefficient (Wildman–Crippen LogP) is 4.51. The smallest absolute Gasteiger partial charge is 0.0608 e. The summed E-state index contributed by atoms with van der Waals surface area (Å²) in [5, 5.41) is 4.82. The van der Waals surface area contributed by atoms with Crippen LogP contribution in [0.3, 0.4) is 0 Å². The highest BCUT2D eigenvalue weighted by atomic mass is 35.5. The van der Waals surface area contributed by atoms with Crippen LogP contribution in [0.4, 0.5) is 0 Å². The minimum Gasteiger partial charge on any atom is -0.379 e. The molecule has 0 spiro atoms. The number of rotatable bonds is 12. The van der Waals surface area contributed by atoms with Crippen LogP contribution in [0.2, 0.25) is 0 Å². The van der Waals surface area contributed by atoms with E-state index in [9.17, 15) is 0 Å². The lowest BCUT2D eigenvalue weighted by molar-refractivity contribution is -0.0759. The lowest BCUT2D eigenvalue weighted by atomic mass is 10.1. The van der Waals surface area contributed by atoms with E-state index in [1.54, 1.807) is 0 Å². The Kier molecular flexibility index (Phi) is 15.2. The van der Waals surface area contributed by atoms with Gasteiger partial charge in [-0.2, -0.15) is 0 Å². The molecule has 0 aromatic carbocycles. The van der Waals surface area contributed by atoms with Crippen LogP contribution in [0.5, 0.6) is 0 Å². The van der Waals surface area contributed by atoms with Crippen LogP contribution in [-0.2, 0) is 4.74 Å². The second kappa shape index (κ2) is 15.1. The molecule has 1 fully saturated rings. The summed E-state index contributed by atoms with van der Waals surface area (Å²) < 4.78 is 5.39. The summed E-state index contributed by atoms with van der Waals surface area (Å²) in [6, 6.07) is 0. The Bertz CT molecular complexity index is 211. The highest BCUT2D eigenvalue weighted by Gasteiger charge is 2.13. The average molecular weight is 321 g/mol. The van der Waals surface area contributed by atoms with Crippen LogP contribution in [0.15, 0.2) is 0 Å². The molecule has 0 amide bonds. The molecule has 0 N–H and O–H groups in total. The average Bonchev–Trinajstić information content (AvgIpc) is 2.50. The molecular formula is C17H37ClN2O. The van der Waals surface area contributed by atoms with Gasteiger partial charge in [0.25, 0.3) is 0 Å². The van der Waals surface area contributed by atoms with E-state index >= 15 is 0 Å². The van der Waals surface area contributed by atoms with Crippen molar-refractivity contribution in [3.8, 4) is 0 Å². The van der Waals surface area contributed by atoms with Crippen LogP contribution >= 0.6 is 12.4 Å². The van der Waals surface area contributed by atoms with Gasteiger partial charge in [0.2, 0.25) is 0 Å². The van der Waals surface area contributed by atoms with Gasteiger partial charge in [-0.3, -0.25) is 0 Å². The molecule has 1 heterocycles. The van der Waals surface area contributed by atoms with E-state index in [-0.39, 0.29) is 12.4 Å². The van der Waals surface area contributed by atoms with Gasteiger partial charge in [-0.25, -0.2) is 10.0 Å². The number of hydrogen-bond acceptors (Lipinski definition) is 3. The predicted molar refractivity (Wildman–Crippen MR) is 94.1 cm³/mol. The van der Waals surface area contributed by atoms with Gasteiger partial charge in [-0.05, 0) is 6.42 Å². The Hall–Kier alpha value is 0.170. The van der Waals surface area contributed by atoms with Crippen molar-refractivity contribution in [3.05, 3.63) is 0 Å². The highest BCUT2D eigenvalue weighted by molar-refractivity contribution is 5.85. The zero-order chi connectivity index (χ0) is 14.5. The number of unbranched alkanes of at least 4 members (excludes halogenated alkanes) is 9. The molecule has 4 heteroatoms. The maximum atomic E-state index is 5.39. The first kappa shape index (κ1) is 21.2. The molecule has 0 atom stereocenters. The van der Waals surface area contributed by atoms with Crippen molar-refractivity contribution >= 4 is 12.4 Å². The topological polar surface area (TPSA) is 15.7 Å². The lowest BCUT2D eigenvalue weighted by Crippen LogP contribution is -2.47. The third-order valence-electron chi connectivity index (χ3n) is 4.31. The largest absolute Gasteiger partial charge is 0.379 e. The summed E-state index contributed by atoms with van der Waals surface area (Å²) in [7, 11) is 2.22. The van der Waals surface area contributed by atoms with Crippen molar-refractivity contribution in [2.75, 3.05) is 39.9 Å². The Morgan fingerprint density at radius 1 is 0.810 bits per heavy atom. The quantitative estimate of drug-likeness (QED) is 0.492. The zero-order valence-electron chi connectivity index (χ0n) is 14.3. The van der Waals surface area contributed by atoms with Crippen LogP contribution in [-0.4, -0.2) is 49.9 Å². The molecule has 1 rings (SSSR count). The molecule has 0 unspecified atom stereocenters. The van der Waals surface area contributed by atoms with Crippen molar-refractivity contribution < 1.29 is 4.74 Å². The molecule has 3 nitrogen and oxygen atoms in total. The maximum Gasteiger partial charge on any atom is 0.0608 e. The highest BCUT2D eigenvalue weighted by Crippen LogP contribution is 2.11. The summed E-state index contributed by atoms with van der Waals surface area (Å²) in [5.41, 5.74) is 0. The van der Waals surface area contributed by atoms with Gasteiger partial charge < -0.3 is 4.74 Å². The Morgan fingerprint density at radius 2 is 1.29 bits per heavy atom. The van der Waals surface area contributed by atoms with Gasteiger partial charge in [0.15, 0.2) is 0 Å². The second-order valence-corrected chi connectivity index (χ2v) is 6.13. The first-order chi connectivity index (χ1) is 9.84. The van der Waals surface area contributed by atoms with E-state index in [1.807, 2.05) is 0 Å². The number of ether oxygens (including phenoxy) is 1. The molecule has 0 aliphatic carbocycles. The Morgan fingerprint density at radius 3 is 1.81 bits per heavy atom. The maximum absolute atomic E-state index is 5.39. The molecule has 0 saturated carbocycles. The molecule has 1 aliphatic rings. The van der Waals surface area contributed by atoms with Crippen LogP contribution in [0.25, 0.3) is 0 Å². The summed E-state index contributed by atoms with van der Waals surface area (Å²) >= 11 is 0. The van der Waals surface area contributed by atoms with Crippen LogP contribution in [0, 0.1) is 0 Å². The molecule has 1 saturated heterocycles. The normalized spacial score (nSPS) is 16.1. The molecule has 21 heavy (non-hydrogen) atoms. The minimum absolute atomic E-state index is 0. The second-order valence-electron chi connectivity index (χ2n) is 6.13. The lowest BCUT2D eigenvalue weighted by Gasteiger charge is -2.34. The van der Waals surface area contributed by atoms with Crippen molar-refractivity contribution in [2.45, 2.75) is 71.1 Å². The van der Waals surface area contributed by atoms with E-state index in [0.29, 0.717) is 0 Å². The number of hydrazine groups is 1. The van der Waals surface area contributed by atoms with Gasteiger partial charge in [-0.1, -0.05) is 64.7 Å². The summed E-state index contributed by atoms with van der Waals surface area (Å²) in [4.78, 5) is 0. The standard InChI is InChI=1S/C17H36N2O.ClH/c1-3-4-5-6-7-8-9-10-11-12-13-18(2)19-14-16-20-17-15-19;/h3-17H2,1-2H3;1H. The Labute approximate surface area is 138 Å². The number of hydrogen-bond donors (Lipinski definition) is 0. The molecule has 1 aliphatic heterocycles. The van der Waals surface area contributed by atoms with E-state index in [2.05, 4.69) is 24.0 Å². The molecule has 0 bridgehead atoms. The number of nitrogens with zero attached hydrogens (tertiary/aromatic N) is 2. The summed E-state index contributed by atoms with van der Waals surface area (Å²) in [6.45, 7) is 7.40. The minimum atomic E-state index is 0. The zero-order valence-corrected chi connectivity index (χ0v) is 15.1. The van der Waals surface area contributed by atoms with Crippen LogP contribution < -0.4 is 0 Å². The van der Waals surface area contributed by atoms with E-state index < -0.39 is 0 Å². The van der Waals surface area contributed by atoms with Gasteiger partial charge in [-0.15, -0.1) is 12.4 Å². The summed E-state index contributed by atoms with van der Waals surface area (Å²) in [6.07, 6.45) is 14.2. The van der Waals surface area contributed by atoms with Crippen molar-refractivity contribution in [2.24, 2.45) is 0 Å². The number of morpholine rings is 1. The van der Waals surface area contributed by atoms with Gasteiger partial charge in [0, 0.05) is 26.7 Å². The van der Waals surface area contributed by atoms with Crippen molar-refractivity contribution in [1.82, 2.24) is 10.0 Å². The fraction of sp³-hybridized carbons (Fsp3) is 1.00. The van der Waals surface area contributed by atoms with Crippen molar-refractivity contribution in [3.63, 3.8) is 0 Å². The fourth-order valence-corrected chi connectivity index (χ4v) is 2.86. The molecule has 0 aromatic rings. The molecule has 0 radical (unpaired) electrons. The van der Waals surface area contributed by atoms with E-state index in [1.165, 1.54) is 70.8 Å².